The third-order valence-corrected chi connectivity index (χ3v) is 3.12. The Morgan fingerprint density at radius 3 is 2.50 bits per heavy atom. The van der Waals surface area contributed by atoms with Crippen molar-refractivity contribution in [3.8, 4) is 0 Å². The standard InChI is InChI=1S/C12H24N2/c1-4-6-12(5-2)11(3)14-9-7-13-8-10-14/h12-13H,3-10H2,1-2H3. The fourth-order valence-electron chi connectivity index (χ4n) is 2.17. The maximum atomic E-state index is 4.27. The van der Waals surface area contributed by atoms with Crippen LogP contribution in [0.2, 0.25) is 0 Å². The van der Waals surface area contributed by atoms with E-state index in [1.807, 2.05) is 0 Å². The minimum Gasteiger partial charge on any atom is -0.373 e. The van der Waals surface area contributed by atoms with Crippen molar-refractivity contribution in [1.82, 2.24) is 10.2 Å². The van der Waals surface area contributed by atoms with Crippen molar-refractivity contribution < 1.29 is 0 Å². The van der Waals surface area contributed by atoms with E-state index in [4.69, 9.17) is 0 Å². The predicted molar refractivity (Wildman–Crippen MR) is 62.3 cm³/mol. The van der Waals surface area contributed by atoms with Crippen LogP contribution < -0.4 is 5.32 Å². The molecule has 1 N–H and O–H groups in total. The van der Waals surface area contributed by atoms with E-state index in [9.17, 15) is 0 Å². The summed E-state index contributed by atoms with van der Waals surface area (Å²) in [7, 11) is 0. The van der Waals surface area contributed by atoms with Crippen molar-refractivity contribution >= 4 is 0 Å². The van der Waals surface area contributed by atoms with Crippen molar-refractivity contribution in [2.24, 2.45) is 5.92 Å². The summed E-state index contributed by atoms with van der Waals surface area (Å²) in [4.78, 5) is 2.46. The Kier molecular flexibility index (Phi) is 5.02. The highest BCUT2D eigenvalue weighted by molar-refractivity contribution is 5.01. The molecule has 1 saturated heterocycles. The second kappa shape index (κ2) is 6.07. The molecule has 2 heteroatoms. The zero-order valence-corrected chi connectivity index (χ0v) is 9.68. The first kappa shape index (κ1) is 11.6. The van der Waals surface area contributed by atoms with Gasteiger partial charge in [-0.15, -0.1) is 0 Å². The molecular formula is C12H24N2. The van der Waals surface area contributed by atoms with Gasteiger partial charge in [0.1, 0.15) is 0 Å². The Hall–Kier alpha value is -0.500. The lowest BCUT2D eigenvalue weighted by atomic mass is 9.96. The van der Waals surface area contributed by atoms with Gasteiger partial charge in [0.25, 0.3) is 0 Å². The number of nitrogens with zero attached hydrogens (tertiary/aromatic N) is 1. The lowest BCUT2D eigenvalue weighted by Crippen LogP contribution is -2.43. The van der Waals surface area contributed by atoms with Crippen LogP contribution in [0.1, 0.15) is 33.1 Å². The SMILES string of the molecule is C=C(C(CC)CCC)N1CCNCC1. The van der Waals surface area contributed by atoms with Gasteiger partial charge in [-0.1, -0.05) is 26.8 Å². The van der Waals surface area contributed by atoms with Gasteiger partial charge in [-0.25, -0.2) is 0 Å². The van der Waals surface area contributed by atoms with E-state index in [1.165, 1.54) is 25.0 Å². The quantitative estimate of drug-likeness (QED) is 0.725. The molecule has 0 spiro atoms. The highest BCUT2D eigenvalue weighted by atomic mass is 15.2. The van der Waals surface area contributed by atoms with Gasteiger partial charge in [-0.3, -0.25) is 0 Å². The molecule has 0 saturated carbocycles. The van der Waals surface area contributed by atoms with Crippen LogP contribution in [0, 0.1) is 5.92 Å². The molecule has 1 aliphatic heterocycles. The molecule has 0 bridgehead atoms. The van der Waals surface area contributed by atoms with Crippen molar-refractivity contribution in [2.75, 3.05) is 26.2 Å². The molecule has 2 nitrogen and oxygen atoms in total. The highest BCUT2D eigenvalue weighted by Crippen LogP contribution is 2.22. The minimum atomic E-state index is 0.707. The van der Waals surface area contributed by atoms with Crippen LogP contribution in [-0.2, 0) is 0 Å². The normalized spacial score (nSPS) is 19.4. The molecule has 82 valence electrons. The molecule has 0 aromatic heterocycles. The average Bonchev–Trinajstić information content (AvgIpc) is 2.26. The number of hydrogen-bond acceptors (Lipinski definition) is 2. The van der Waals surface area contributed by atoms with Crippen molar-refractivity contribution in [2.45, 2.75) is 33.1 Å². The zero-order chi connectivity index (χ0) is 10.4. The van der Waals surface area contributed by atoms with Gasteiger partial charge in [0.05, 0.1) is 0 Å². The average molecular weight is 196 g/mol. The minimum absolute atomic E-state index is 0.707. The molecule has 0 aromatic rings. The van der Waals surface area contributed by atoms with Crippen LogP contribution in [0.4, 0.5) is 0 Å². The van der Waals surface area contributed by atoms with Gasteiger partial charge in [0.15, 0.2) is 0 Å². The van der Waals surface area contributed by atoms with Crippen molar-refractivity contribution in [1.29, 1.82) is 0 Å². The number of nitrogens with one attached hydrogen (secondary N) is 1. The monoisotopic (exact) mass is 196 g/mol. The fourth-order valence-corrected chi connectivity index (χ4v) is 2.17. The summed E-state index contributed by atoms with van der Waals surface area (Å²) in [6, 6.07) is 0. The van der Waals surface area contributed by atoms with Gasteiger partial charge in [-0.2, -0.15) is 0 Å². The second-order valence-electron chi connectivity index (χ2n) is 4.12. The molecule has 0 aliphatic carbocycles. The van der Waals surface area contributed by atoms with Crippen molar-refractivity contribution in [3.05, 3.63) is 12.3 Å². The van der Waals surface area contributed by atoms with E-state index in [2.05, 4.69) is 30.6 Å². The molecular weight excluding hydrogens is 172 g/mol. The summed E-state index contributed by atoms with van der Waals surface area (Å²) >= 11 is 0. The largest absolute Gasteiger partial charge is 0.373 e. The molecule has 1 aliphatic rings. The third-order valence-electron chi connectivity index (χ3n) is 3.12. The topological polar surface area (TPSA) is 15.3 Å². The molecule has 1 heterocycles. The number of allylic oxidation sites excluding steroid dienone is 1. The Morgan fingerprint density at radius 1 is 1.36 bits per heavy atom. The first-order chi connectivity index (χ1) is 6.79. The predicted octanol–water partition coefficient (Wildman–Crippen LogP) is 2.23. The fraction of sp³-hybridized carbons (Fsp3) is 0.833. The van der Waals surface area contributed by atoms with E-state index in [-0.39, 0.29) is 0 Å². The van der Waals surface area contributed by atoms with Gasteiger partial charge in [0, 0.05) is 31.9 Å². The van der Waals surface area contributed by atoms with Crippen molar-refractivity contribution in [3.63, 3.8) is 0 Å². The molecule has 0 aromatic carbocycles. The van der Waals surface area contributed by atoms with Gasteiger partial charge >= 0.3 is 0 Å². The van der Waals surface area contributed by atoms with E-state index >= 15 is 0 Å². The maximum absolute atomic E-state index is 4.27. The molecule has 1 fully saturated rings. The van der Waals surface area contributed by atoms with Crippen LogP contribution in [0.3, 0.4) is 0 Å². The van der Waals surface area contributed by atoms with Gasteiger partial charge in [0.2, 0.25) is 0 Å². The Balaban J connectivity index is 2.43. The zero-order valence-electron chi connectivity index (χ0n) is 9.68. The van der Waals surface area contributed by atoms with Crippen LogP contribution in [0.15, 0.2) is 12.3 Å². The van der Waals surface area contributed by atoms with E-state index in [0.717, 1.165) is 26.2 Å². The summed E-state index contributed by atoms with van der Waals surface area (Å²) in [6.07, 6.45) is 3.79. The van der Waals surface area contributed by atoms with Crippen LogP contribution in [-0.4, -0.2) is 31.1 Å². The summed E-state index contributed by atoms with van der Waals surface area (Å²) in [5.74, 6) is 0.707. The smallest absolute Gasteiger partial charge is 0.0300 e. The van der Waals surface area contributed by atoms with Gasteiger partial charge < -0.3 is 10.2 Å². The Labute approximate surface area is 88.4 Å². The Morgan fingerprint density at radius 2 is 2.00 bits per heavy atom. The lowest BCUT2D eigenvalue weighted by molar-refractivity contribution is 0.260. The van der Waals surface area contributed by atoms with Crippen LogP contribution >= 0.6 is 0 Å². The first-order valence-corrected chi connectivity index (χ1v) is 5.94. The number of rotatable bonds is 5. The second-order valence-corrected chi connectivity index (χ2v) is 4.12. The maximum Gasteiger partial charge on any atom is 0.0300 e. The first-order valence-electron chi connectivity index (χ1n) is 5.94. The molecule has 0 radical (unpaired) electrons. The van der Waals surface area contributed by atoms with E-state index in [1.54, 1.807) is 0 Å². The summed E-state index contributed by atoms with van der Waals surface area (Å²) < 4.78 is 0. The molecule has 0 amide bonds. The van der Waals surface area contributed by atoms with E-state index in [0.29, 0.717) is 5.92 Å². The van der Waals surface area contributed by atoms with E-state index < -0.39 is 0 Å². The number of hydrogen-bond donors (Lipinski definition) is 1. The summed E-state index contributed by atoms with van der Waals surface area (Å²) in [5, 5.41) is 3.38. The molecule has 1 rings (SSSR count). The number of piperazine rings is 1. The van der Waals surface area contributed by atoms with Crippen LogP contribution in [0.25, 0.3) is 0 Å². The lowest BCUT2D eigenvalue weighted by Gasteiger charge is -2.34. The van der Waals surface area contributed by atoms with Gasteiger partial charge in [-0.05, 0) is 18.8 Å². The summed E-state index contributed by atoms with van der Waals surface area (Å²) in [5.41, 5.74) is 1.37. The summed E-state index contributed by atoms with van der Waals surface area (Å²) in [6.45, 7) is 13.3. The third kappa shape index (κ3) is 3.02. The Bertz CT molecular complexity index is 164. The highest BCUT2D eigenvalue weighted by Gasteiger charge is 2.17. The molecule has 1 unspecified atom stereocenters. The van der Waals surface area contributed by atoms with Crippen LogP contribution in [0.5, 0.6) is 0 Å². The molecule has 14 heavy (non-hydrogen) atoms. The molecule has 1 atom stereocenters.